The number of aliphatic hydroxyl groups excluding tert-OH is 1. The molecule has 8 aromatic carbocycles. The zero-order chi connectivity index (χ0) is 52.7. The van der Waals surface area contributed by atoms with Crippen molar-refractivity contribution in [3.05, 3.63) is 250 Å². The summed E-state index contributed by atoms with van der Waals surface area (Å²) in [5, 5.41) is 11.4. The molecule has 2 aliphatic heterocycles. The average Bonchev–Trinajstić information content (AvgIpc) is 4.56. The third-order valence-electron chi connectivity index (χ3n) is 17.0. The number of aliphatic hydroxyl groups is 1. The molecule has 12 rings (SSSR count). The largest absolute Gasteiger partial charge is 0.491 e. The molecule has 0 radical (unpaired) electrons. The Morgan fingerprint density at radius 1 is 0.519 bits per heavy atom. The maximum Gasteiger partial charge on any atom is 0.119 e. The second kappa shape index (κ2) is 21.2. The predicted molar refractivity (Wildman–Crippen MR) is 305 cm³/mol. The van der Waals surface area contributed by atoms with E-state index in [4.69, 9.17) is 28.4 Å². The van der Waals surface area contributed by atoms with Crippen molar-refractivity contribution in [1.82, 2.24) is 0 Å². The molecular weight excluding hydrogens is 953 g/mol. The van der Waals surface area contributed by atoms with Crippen LogP contribution in [0.2, 0.25) is 0 Å². The normalized spacial score (nSPS) is 22.9. The second-order valence-corrected chi connectivity index (χ2v) is 22.6. The lowest BCUT2D eigenvalue weighted by Crippen LogP contribution is -2.31. The highest BCUT2D eigenvalue weighted by molar-refractivity contribution is 5.71. The van der Waals surface area contributed by atoms with Crippen molar-refractivity contribution in [3.63, 3.8) is 0 Å². The number of fused-ring (bicyclic) bond motifs is 2. The van der Waals surface area contributed by atoms with Gasteiger partial charge in [0.25, 0.3) is 0 Å². The van der Waals surface area contributed by atoms with Gasteiger partial charge in [-0.25, -0.2) is 0 Å². The van der Waals surface area contributed by atoms with E-state index in [0.717, 1.165) is 42.9 Å². The van der Waals surface area contributed by atoms with Crippen LogP contribution >= 0.6 is 0 Å². The SMILES string of the molecule is CC1CC(c2ccc(OCC(O)COC(C)(C)c3ccc(C4(c5ccc(OCC6CO6)cc5)CC(C)c5ccc(-c6ccccc6)cc54)cc3)cc2)(c2ccc(C(C)OCC3CO3)cc2)c2cc(-c3ccccc3)ccc21. The molecule has 7 heteroatoms. The number of hydrogen-bond donors (Lipinski definition) is 1. The highest BCUT2D eigenvalue weighted by Crippen LogP contribution is 2.56. The van der Waals surface area contributed by atoms with Gasteiger partial charge < -0.3 is 33.5 Å². The fraction of sp³-hybridized carbons (Fsp3) is 0.314. The summed E-state index contributed by atoms with van der Waals surface area (Å²) < 4.78 is 36.0. The van der Waals surface area contributed by atoms with Gasteiger partial charge in [-0.2, -0.15) is 0 Å². The van der Waals surface area contributed by atoms with E-state index >= 15 is 0 Å². The van der Waals surface area contributed by atoms with E-state index in [1.54, 1.807) is 0 Å². The summed E-state index contributed by atoms with van der Waals surface area (Å²) in [6.07, 6.45) is 1.41. The molecule has 2 saturated heterocycles. The van der Waals surface area contributed by atoms with Crippen LogP contribution in [0.1, 0.15) is 121 Å². The fourth-order valence-electron chi connectivity index (χ4n) is 12.5. The van der Waals surface area contributed by atoms with E-state index in [0.29, 0.717) is 30.8 Å². The van der Waals surface area contributed by atoms with Crippen LogP contribution in [0.4, 0.5) is 0 Å². The second-order valence-electron chi connectivity index (χ2n) is 22.6. The van der Waals surface area contributed by atoms with E-state index < -0.39 is 17.1 Å². The Labute approximate surface area is 454 Å². The van der Waals surface area contributed by atoms with E-state index in [2.05, 4.69) is 229 Å². The molecule has 8 atom stereocenters. The van der Waals surface area contributed by atoms with Crippen LogP contribution in [0, 0.1) is 0 Å². The lowest BCUT2D eigenvalue weighted by Gasteiger charge is -2.34. The first-order chi connectivity index (χ1) is 37.5. The van der Waals surface area contributed by atoms with Gasteiger partial charge >= 0.3 is 0 Å². The molecule has 0 spiro atoms. The molecule has 0 saturated carbocycles. The number of rotatable bonds is 20. The van der Waals surface area contributed by atoms with Crippen LogP contribution in [0.15, 0.2) is 194 Å². The van der Waals surface area contributed by atoms with E-state index in [-0.39, 0.29) is 36.9 Å². The van der Waals surface area contributed by atoms with Gasteiger partial charge in [-0.1, -0.05) is 172 Å². The van der Waals surface area contributed by atoms with Crippen molar-refractivity contribution >= 4 is 0 Å². The minimum atomic E-state index is -0.845. The molecule has 4 aliphatic rings. The quantitative estimate of drug-likeness (QED) is 0.0762. The van der Waals surface area contributed by atoms with Crippen molar-refractivity contribution in [3.8, 4) is 33.8 Å². The van der Waals surface area contributed by atoms with Gasteiger partial charge in [-0.05, 0) is 160 Å². The first-order valence-corrected chi connectivity index (χ1v) is 27.7. The summed E-state index contributed by atoms with van der Waals surface area (Å²) >= 11 is 0. The topological polar surface area (TPSA) is 82.2 Å². The lowest BCUT2D eigenvalue weighted by molar-refractivity contribution is -0.0717. The van der Waals surface area contributed by atoms with Crippen LogP contribution < -0.4 is 9.47 Å². The van der Waals surface area contributed by atoms with Gasteiger partial charge in [0, 0.05) is 10.8 Å². The molecule has 392 valence electrons. The highest BCUT2D eigenvalue weighted by atomic mass is 16.6. The van der Waals surface area contributed by atoms with Gasteiger partial charge in [-0.3, -0.25) is 0 Å². The molecule has 0 amide bonds. The first kappa shape index (κ1) is 50.9. The summed E-state index contributed by atoms with van der Waals surface area (Å²) in [5.41, 5.74) is 15.9. The third-order valence-corrected chi connectivity index (χ3v) is 17.0. The summed E-state index contributed by atoms with van der Waals surface area (Å²) in [7, 11) is 0. The van der Waals surface area contributed by atoms with Crippen molar-refractivity contribution in [1.29, 1.82) is 0 Å². The van der Waals surface area contributed by atoms with Crippen molar-refractivity contribution in [2.75, 3.05) is 39.6 Å². The van der Waals surface area contributed by atoms with E-state index in [1.807, 2.05) is 0 Å². The van der Waals surface area contributed by atoms with Gasteiger partial charge in [-0.15, -0.1) is 0 Å². The van der Waals surface area contributed by atoms with Crippen LogP contribution in [-0.2, 0) is 35.4 Å². The number of hydrogen-bond acceptors (Lipinski definition) is 7. The monoisotopic (exact) mass is 1020 g/mol. The van der Waals surface area contributed by atoms with Gasteiger partial charge in [0.05, 0.1) is 38.1 Å². The zero-order valence-electron chi connectivity index (χ0n) is 45.0. The van der Waals surface area contributed by atoms with Crippen LogP contribution in [0.5, 0.6) is 11.5 Å². The maximum absolute atomic E-state index is 11.4. The smallest absolute Gasteiger partial charge is 0.119 e. The third kappa shape index (κ3) is 10.3. The Balaban J connectivity index is 0.755. The lowest BCUT2D eigenvalue weighted by atomic mass is 9.69. The summed E-state index contributed by atoms with van der Waals surface area (Å²) in [5.74, 6) is 2.25. The molecule has 2 fully saturated rings. The minimum absolute atomic E-state index is 0.0323. The van der Waals surface area contributed by atoms with Gasteiger partial charge in [0.15, 0.2) is 0 Å². The van der Waals surface area contributed by atoms with Crippen molar-refractivity contribution < 1.29 is 33.5 Å². The predicted octanol–water partition coefficient (Wildman–Crippen LogP) is 14.6. The number of benzene rings is 8. The van der Waals surface area contributed by atoms with Crippen LogP contribution in [0.3, 0.4) is 0 Å². The molecule has 7 nitrogen and oxygen atoms in total. The van der Waals surface area contributed by atoms with Crippen molar-refractivity contribution in [2.24, 2.45) is 0 Å². The Morgan fingerprint density at radius 2 is 0.961 bits per heavy atom. The fourth-order valence-corrected chi connectivity index (χ4v) is 12.5. The molecule has 0 aromatic heterocycles. The highest BCUT2D eigenvalue weighted by Gasteiger charge is 2.47. The summed E-state index contributed by atoms with van der Waals surface area (Å²) in [6, 6.07) is 70.6. The maximum atomic E-state index is 11.4. The Hall–Kier alpha value is -6.84. The van der Waals surface area contributed by atoms with Crippen LogP contribution in [-0.4, -0.2) is 63.1 Å². The number of ether oxygens (including phenoxy) is 6. The Bertz CT molecular complexity index is 3290. The minimum Gasteiger partial charge on any atom is -0.491 e. The van der Waals surface area contributed by atoms with Gasteiger partial charge in [0.1, 0.15) is 43.0 Å². The number of epoxide rings is 2. The van der Waals surface area contributed by atoms with Gasteiger partial charge in [0.2, 0.25) is 0 Å². The average molecular weight is 1020 g/mol. The zero-order valence-corrected chi connectivity index (χ0v) is 45.0. The van der Waals surface area contributed by atoms with E-state index in [1.165, 1.54) is 66.8 Å². The summed E-state index contributed by atoms with van der Waals surface area (Å²) in [4.78, 5) is 0. The first-order valence-electron chi connectivity index (χ1n) is 27.7. The summed E-state index contributed by atoms with van der Waals surface area (Å²) in [6.45, 7) is 13.9. The van der Waals surface area contributed by atoms with Crippen LogP contribution in [0.25, 0.3) is 22.3 Å². The molecule has 0 bridgehead atoms. The molecule has 2 heterocycles. The molecule has 8 aromatic rings. The van der Waals surface area contributed by atoms with Crippen molar-refractivity contribution in [2.45, 2.75) is 100 Å². The molecular formula is C70H70O7. The molecule has 77 heavy (non-hydrogen) atoms. The molecule has 2 aliphatic carbocycles. The van der Waals surface area contributed by atoms with E-state index in [9.17, 15) is 5.11 Å². The molecule has 1 N–H and O–H groups in total. The Morgan fingerprint density at radius 3 is 1.44 bits per heavy atom. The molecule has 8 unspecified atom stereocenters. The standard InChI is InChI=1S/C70H70O7/c1-46-38-69(55-20-16-49(17-21-55)48(3)72-42-62-44-75-62,66-36-52(18-34-64(46)66)50-12-8-6-9-13-50)57-26-30-60(31-27-57)73-40-59(71)41-77-68(4,5)54-22-24-56(25-23-54)70(58-28-32-61(33-29-58)74-43-63-45-76-63)39-47(2)65-35-19-53(37-67(65)70)51-14-10-7-11-15-51/h6-37,46-48,59,62-63,71H,38-45H2,1-5H3. The Kier molecular flexibility index (Phi) is 14.0.